The lowest BCUT2D eigenvalue weighted by atomic mass is 9.96. The van der Waals surface area contributed by atoms with Gasteiger partial charge in [-0.2, -0.15) is 0 Å². The first-order valence-electron chi connectivity index (χ1n) is 23.9. The molecule has 0 amide bonds. The van der Waals surface area contributed by atoms with Gasteiger partial charge in [-0.1, -0.05) is 140 Å². The predicted molar refractivity (Wildman–Crippen MR) is 272 cm³/mol. The summed E-state index contributed by atoms with van der Waals surface area (Å²) in [6.07, 6.45) is 5.30. The van der Waals surface area contributed by atoms with Crippen LogP contribution in [0.25, 0.3) is 99.8 Å². The van der Waals surface area contributed by atoms with E-state index in [4.69, 9.17) is 9.72 Å². The molecule has 0 radical (unpaired) electrons. The van der Waals surface area contributed by atoms with Crippen LogP contribution in [0.4, 0.5) is 0 Å². The molecule has 0 aliphatic carbocycles. The zero-order valence-electron chi connectivity index (χ0n) is 39.1. The van der Waals surface area contributed by atoms with Crippen LogP contribution in [0.2, 0.25) is 0 Å². The third-order valence-electron chi connectivity index (χ3n) is 12.9. The quantitative estimate of drug-likeness (QED) is 0.113. The van der Waals surface area contributed by atoms with E-state index in [1.807, 2.05) is 83.4 Å². The lowest BCUT2D eigenvalue weighted by Gasteiger charge is -2.21. The summed E-state index contributed by atoms with van der Waals surface area (Å²) in [6, 6.07) is 75.6. The largest absolute Gasteiger partial charge is 0.458 e. The Morgan fingerprint density at radius 1 is 0.493 bits per heavy atom. The number of pyridine rings is 1. The van der Waals surface area contributed by atoms with E-state index in [1.54, 1.807) is 12.3 Å². The number of rotatable bonds is 8. The number of hydrogen-bond donors (Lipinski definition) is 0. The molecular formula is C61H41N5O. The molecule has 6 nitrogen and oxygen atoms in total. The molecule has 0 N–H and O–H groups in total. The molecule has 4 aromatic heterocycles. The molecule has 0 saturated carbocycles. The molecule has 4 heterocycles. The summed E-state index contributed by atoms with van der Waals surface area (Å²) in [5.41, 5.74) is 12.4. The lowest BCUT2D eigenvalue weighted by molar-refractivity contribution is -0.572. The minimum absolute atomic E-state index is 0.190. The Morgan fingerprint density at radius 2 is 1.01 bits per heavy atom. The zero-order valence-corrected chi connectivity index (χ0v) is 36.1. The minimum atomic E-state index is -2.52. The highest BCUT2D eigenvalue weighted by molar-refractivity contribution is 6.12. The van der Waals surface area contributed by atoms with E-state index in [2.05, 4.69) is 160 Å². The van der Waals surface area contributed by atoms with E-state index < -0.39 is 6.85 Å². The third kappa shape index (κ3) is 6.33. The van der Waals surface area contributed by atoms with Crippen molar-refractivity contribution in [1.29, 1.82) is 0 Å². The van der Waals surface area contributed by atoms with Gasteiger partial charge in [0, 0.05) is 48.5 Å². The van der Waals surface area contributed by atoms with Gasteiger partial charge in [-0.25, -0.2) is 0 Å². The summed E-state index contributed by atoms with van der Waals surface area (Å²) in [5.74, 6) is 1.22. The maximum Gasteiger partial charge on any atom is 0.269 e. The number of para-hydroxylation sites is 7. The molecule has 67 heavy (non-hydrogen) atoms. The number of hydrogen-bond acceptors (Lipinski definition) is 2. The first kappa shape index (κ1) is 35.4. The smallest absolute Gasteiger partial charge is 0.269 e. The minimum Gasteiger partial charge on any atom is -0.458 e. The highest BCUT2D eigenvalue weighted by atomic mass is 16.5. The van der Waals surface area contributed by atoms with Crippen LogP contribution in [0.3, 0.4) is 0 Å². The average molecular weight is 863 g/mol. The number of fused-ring (bicyclic) bond motifs is 7. The van der Waals surface area contributed by atoms with Crippen LogP contribution in [0.5, 0.6) is 11.5 Å². The summed E-state index contributed by atoms with van der Waals surface area (Å²) in [6.45, 7) is -2.52. The van der Waals surface area contributed by atoms with Crippen molar-refractivity contribution >= 4 is 54.6 Å². The van der Waals surface area contributed by atoms with E-state index in [0.29, 0.717) is 22.8 Å². The second-order valence-electron chi connectivity index (χ2n) is 16.7. The Bertz CT molecular complexity index is 3930. The number of aryl methyl sites for hydroxylation is 1. The topological polar surface area (TPSA) is 40.8 Å². The van der Waals surface area contributed by atoms with Gasteiger partial charge in [0.1, 0.15) is 11.5 Å². The predicted octanol–water partition coefficient (Wildman–Crippen LogP) is 14.7. The highest BCUT2D eigenvalue weighted by Crippen LogP contribution is 2.43. The van der Waals surface area contributed by atoms with Crippen LogP contribution in [0.15, 0.2) is 231 Å². The first-order chi connectivity index (χ1) is 34.4. The van der Waals surface area contributed by atoms with Crippen molar-refractivity contribution in [2.24, 2.45) is 0 Å². The number of aromatic nitrogens is 5. The summed E-state index contributed by atoms with van der Waals surface area (Å²) in [5, 5.41) is 4.43. The van der Waals surface area contributed by atoms with Crippen LogP contribution >= 0.6 is 0 Å². The molecule has 0 fully saturated rings. The van der Waals surface area contributed by atoms with E-state index in [-0.39, 0.29) is 5.56 Å². The first-order valence-corrected chi connectivity index (χ1v) is 22.4. The number of nitrogens with zero attached hydrogens (tertiary/aromatic N) is 5. The monoisotopic (exact) mass is 862 g/mol. The van der Waals surface area contributed by atoms with Gasteiger partial charge in [0.2, 0.25) is 0 Å². The van der Waals surface area contributed by atoms with Crippen molar-refractivity contribution in [1.82, 2.24) is 18.7 Å². The van der Waals surface area contributed by atoms with Crippen molar-refractivity contribution in [3.8, 4) is 56.6 Å². The number of imidazole rings is 1. The molecule has 0 spiro atoms. The summed E-state index contributed by atoms with van der Waals surface area (Å²) >= 11 is 0. The second-order valence-corrected chi connectivity index (χ2v) is 16.7. The van der Waals surface area contributed by atoms with Gasteiger partial charge in [0.15, 0.2) is 0 Å². The Balaban J connectivity index is 0.953. The highest BCUT2D eigenvalue weighted by Gasteiger charge is 2.23. The summed E-state index contributed by atoms with van der Waals surface area (Å²) in [7, 11) is 0. The molecule has 13 aromatic rings. The Labute approximate surface area is 391 Å². The SMILES string of the molecule is [2H]C([2H])([2H])c1cc(-c2cccc(Oc3cccc(-n4[c-][n+](-c5ccccc5)c5ccccc54)c3)c2)ncc1-c1c(-n2c3ccccc3c3ccccc32)cccc1-n1c2ccccc2c2ccccc21. The van der Waals surface area contributed by atoms with Gasteiger partial charge < -0.3 is 13.9 Å². The van der Waals surface area contributed by atoms with Crippen molar-refractivity contribution in [3.05, 3.63) is 243 Å². The van der Waals surface area contributed by atoms with Crippen molar-refractivity contribution in [2.45, 2.75) is 6.85 Å². The molecule has 13 rings (SSSR count). The average Bonchev–Trinajstić information content (AvgIpc) is 4.07. The fourth-order valence-electron chi connectivity index (χ4n) is 9.92. The van der Waals surface area contributed by atoms with Gasteiger partial charge >= 0.3 is 0 Å². The second kappa shape index (κ2) is 15.6. The Hall–Kier alpha value is -9.00. The van der Waals surface area contributed by atoms with Crippen LogP contribution in [0.1, 0.15) is 9.68 Å². The van der Waals surface area contributed by atoms with Crippen LogP contribution in [-0.4, -0.2) is 18.7 Å². The van der Waals surface area contributed by atoms with Crippen LogP contribution in [-0.2, 0) is 0 Å². The van der Waals surface area contributed by atoms with E-state index in [1.165, 1.54) is 0 Å². The number of ether oxygens (including phenoxy) is 1. The number of benzene rings is 9. The molecule has 0 atom stereocenters. The molecule has 0 unspecified atom stereocenters. The summed E-state index contributed by atoms with van der Waals surface area (Å²) < 4.78 is 42.8. The van der Waals surface area contributed by atoms with Gasteiger partial charge in [0.25, 0.3) is 6.33 Å². The van der Waals surface area contributed by atoms with Gasteiger partial charge in [0.05, 0.1) is 61.5 Å². The maximum absolute atomic E-state index is 9.18. The maximum atomic E-state index is 9.18. The van der Waals surface area contributed by atoms with Crippen molar-refractivity contribution in [3.63, 3.8) is 0 Å². The van der Waals surface area contributed by atoms with E-state index in [0.717, 1.165) is 88.5 Å². The third-order valence-corrected chi connectivity index (χ3v) is 12.9. The normalized spacial score (nSPS) is 12.5. The fraction of sp³-hybridized carbons (Fsp3) is 0.0164. The fourth-order valence-corrected chi connectivity index (χ4v) is 9.92. The standard InChI is InChI=1S/C61H41N5O/c1-41-36-52(42-18-15-22-45(37-42)67-46-23-16-21-44(38-46)64-40-63(43-19-3-2-4-20-43)57-32-13-14-33-58(57)64)62-39-51(41)61-59(65-53-28-9-5-24-47(53)48-25-6-10-29-54(48)65)34-17-35-60(61)66-55-30-11-7-26-49(55)50-27-8-12-31-56(50)66/h2-39H,1H3/i1D3. The van der Waals surface area contributed by atoms with Crippen LogP contribution in [0, 0.1) is 13.2 Å². The Morgan fingerprint density at radius 3 is 1.63 bits per heavy atom. The molecule has 0 saturated heterocycles. The molecule has 0 bridgehead atoms. The van der Waals surface area contributed by atoms with Crippen molar-refractivity contribution in [2.75, 3.05) is 0 Å². The van der Waals surface area contributed by atoms with Gasteiger partial charge in [-0.3, -0.25) is 14.1 Å². The zero-order chi connectivity index (χ0) is 46.9. The van der Waals surface area contributed by atoms with E-state index in [9.17, 15) is 4.11 Å². The van der Waals surface area contributed by atoms with Crippen molar-refractivity contribution < 1.29 is 13.4 Å². The summed E-state index contributed by atoms with van der Waals surface area (Å²) in [4.78, 5) is 5.12. The lowest BCUT2D eigenvalue weighted by Crippen LogP contribution is -2.29. The van der Waals surface area contributed by atoms with Crippen LogP contribution < -0.4 is 9.30 Å². The molecule has 9 aromatic carbocycles. The van der Waals surface area contributed by atoms with E-state index >= 15 is 0 Å². The van der Waals surface area contributed by atoms with Gasteiger partial charge in [-0.15, -0.1) is 0 Å². The molecular weight excluding hydrogens is 819 g/mol. The molecule has 0 aliphatic rings. The molecule has 6 heteroatoms. The molecule has 0 aliphatic heterocycles. The molecule has 316 valence electrons. The van der Waals surface area contributed by atoms with Gasteiger partial charge in [-0.05, 0) is 97.3 Å². The Kier molecular flexibility index (Phi) is 8.24.